The third-order valence-electron chi connectivity index (χ3n) is 3.41. The second-order valence-electron chi connectivity index (χ2n) is 4.83. The van der Waals surface area contributed by atoms with Gasteiger partial charge in [-0.2, -0.15) is 0 Å². The molecule has 1 aromatic rings. The van der Waals surface area contributed by atoms with Gasteiger partial charge >= 0.3 is 0 Å². The molecule has 0 spiro atoms. The Morgan fingerprint density at radius 3 is 2.89 bits per heavy atom. The summed E-state index contributed by atoms with van der Waals surface area (Å²) >= 11 is 5.90. The van der Waals surface area contributed by atoms with Crippen LogP contribution in [0.4, 0.5) is 4.39 Å². The average Bonchev–Trinajstić information content (AvgIpc) is 2.37. The second kappa shape index (κ2) is 5.70. The van der Waals surface area contributed by atoms with E-state index < -0.39 is 5.82 Å². The molecule has 0 saturated carbocycles. The van der Waals surface area contributed by atoms with Crippen LogP contribution in [0.2, 0.25) is 5.02 Å². The van der Waals surface area contributed by atoms with Crippen LogP contribution in [0.3, 0.4) is 0 Å². The molecule has 1 atom stereocenters. The van der Waals surface area contributed by atoms with Crippen LogP contribution in [0.1, 0.15) is 18.9 Å². The lowest BCUT2D eigenvalue weighted by atomic mass is 9.98. The molecule has 0 aromatic heterocycles. The molecule has 0 N–H and O–H groups in total. The molecule has 1 heterocycles. The van der Waals surface area contributed by atoms with Crippen LogP contribution in [0.5, 0.6) is 0 Å². The Labute approximate surface area is 116 Å². The maximum atomic E-state index is 13.6. The SMILES string of the molecule is CC1CN(C(=O)Cc2c(F)cccc2Cl)CCC1=O. The van der Waals surface area contributed by atoms with E-state index in [2.05, 4.69) is 0 Å². The highest BCUT2D eigenvalue weighted by molar-refractivity contribution is 6.31. The van der Waals surface area contributed by atoms with E-state index in [9.17, 15) is 14.0 Å². The van der Waals surface area contributed by atoms with Crippen LogP contribution in [0, 0.1) is 11.7 Å². The van der Waals surface area contributed by atoms with E-state index in [0.29, 0.717) is 19.5 Å². The lowest BCUT2D eigenvalue weighted by Crippen LogP contribution is -2.43. The van der Waals surface area contributed by atoms with Gasteiger partial charge in [0.1, 0.15) is 11.6 Å². The summed E-state index contributed by atoms with van der Waals surface area (Å²) in [6.07, 6.45) is 0.310. The smallest absolute Gasteiger partial charge is 0.227 e. The average molecular weight is 284 g/mol. The molecule has 102 valence electrons. The molecular formula is C14H15ClFNO2. The fourth-order valence-electron chi connectivity index (χ4n) is 2.21. The number of nitrogens with zero attached hydrogens (tertiary/aromatic N) is 1. The highest BCUT2D eigenvalue weighted by atomic mass is 35.5. The number of amides is 1. The first kappa shape index (κ1) is 14.0. The van der Waals surface area contributed by atoms with E-state index >= 15 is 0 Å². The van der Waals surface area contributed by atoms with Crippen molar-refractivity contribution >= 4 is 23.3 Å². The molecule has 1 unspecified atom stereocenters. The van der Waals surface area contributed by atoms with E-state index in [1.807, 2.05) is 0 Å². The Morgan fingerprint density at radius 2 is 2.26 bits per heavy atom. The van der Waals surface area contributed by atoms with Crippen molar-refractivity contribution in [2.45, 2.75) is 19.8 Å². The predicted molar refractivity (Wildman–Crippen MR) is 70.5 cm³/mol. The summed E-state index contributed by atoms with van der Waals surface area (Å²) in [6.45, 7) is 2.62. The summed E-state index contributed by atoms with van der Waals surface area (Å²) in [5, 5.41) is 0.259. The molecule has 2 rings (SSSR count). The molecule has 0 radical (unpaired) electrons. The molecular weight excluding hydrogens is 269 g/mol. The fourth-order valence-corrected chi connectivity index (χ4v) is 2.44. The number of carbonyl (C=O) groups excluding carboxylic acids is 2. The molecule has 5 heteroatoms. The number of hydrogen-bond donors (Lipinski definition) is 0. The molecule has 1 fully saturated rings. The number of benzene rings is 1. The van der Waals surface area contributed by atoms with Crippen LogP contribution in [0.15, 0.2) is 18.2 Å². The van der Waals surface area contributed by atoms with Crippen LogP contribution >= 0.6 is 11.6 Å². The molecule has 1 aliphatic rings. The van der Waals surface area contributed by atoms with Crippen molar-refractivity contribution in [1.82, 2.24) is 4.90 Å². The molecule has 1 aromatic carbocycles. The van der Waals surface area contributed by atoms with E-state index in [4.69, 9.17) is 11.6 Å². The molecule has 19 heavy (non-hydrogen) atoms. The zero-order valence-electron chi connectivity index (χ0n) is 10.7. The second-order valence-corrected chi connectivity index (χ2v) is 5.24. The van der Waals surface area contributed by atoms with Gasteiger partial charge in [-0.05, 0) is 12.1 Å². The topological polar surface area (TPSA) is 37.4 Å². The Morgan fingerprint density at radius 1 is 1.53 bits per heavy atom. The van der Waals surface area contributed by atoms with Gasteiger partial charge < -0.3 is 4.90 Å². The van der Waals surface area contributed by atoms with Crippen molar-refractivity contribution in [2.75, 3.05) is 13.1 Å². The lowest BCUT2D eigenvalue weighted by molar-refractivity contribution is -0.136. The van der Waals surface area contributed by atoms with Gasteiger partial charge in [-0.25, -0.2) is 4.39 Å². The number of halogens is 2. The maximum absolute atomic E-state index is 13.6. The maximum Gasteiger partial charge on any atom is 0.227 e. The first-order valence-electron chi connectivity index (χ1n) is 6.22. The van der Waals surface area contributed by atoms with Crippen LogP contribution in [-0.4, -0.2) is 29.7 Å². The number of rotatable bonds is 2. The van der Waals surface area contributed by atoms with Gasteiger partial charge in [-0.15, -0.1) is 0 Å². The number of hydrogen-bond acceptors (Lipinski definition) is 2. The van der Waals surface area contributed by atoms with Gasteiger partial charge in [0.15, 0.2) is 0 Å². The molecule has 0 aliphatic carbocycles. The van der Waals surface area contributed by atoms with Crippen LogP contribution < -0.4 is 0 Å². The zero-order chi connectivity index (χ0) is 14.0. The highest BCUT2D eigenvalue weighted by Crippen LogP contribution is 2.21. The molecule has 1 saturated heterocycles. The monoisotopic (exact) mass is 283 g/mol. The van der Waals surface area contributed by atoms with Crippen molar-refractivity contribution in [1.29, 1.82) is 0 Å². The number of ketones is 1. The quantitative estimate of drug-likeness (QED) is 0.836. The van der Waals surface area contributed by atoms with Gasteiger partial charge in [0.2, 0.25) is 5.91 Å². The summed E-state index contributed by atoms with van der Waals surface area (Å²) in [4.78, 5) is 25.1. The normalized spacial score (nSPS) is 19.6. The number of piperidine rings is 1. The Bertz CT molecular complexity index is 498. The highest BCUT2D eigenvalue weighted by Gasteiger charge is 2.27. The molecule has 1 aliphatic heterocycles. The van der Waals surface area contributed by atoms with Gasteiger partial charge in [0.05, 0.1) is 6.42 Å². The Hall–Kier alpha value is -1.42. The van der Waals surface area contributed by atoms with Gasteiger partial charge in [0, 0.05) is 36.0 Å². The first-order chi connectivity index (χ1) is 8.99. The van der Waals surface area contributed by atoms with E-state index in [1.54, 1.807) is 17.9 Å². The van der Waals surface area contributed by atoms with E-state index in [0.717, 1.165) is 0 Å². The van der Waals surface area contributed by atoms with Crippen molar-refractivity contribution in [3.63, 3.8) is 0 Å². The van der Waals surface area contributed by atoms with Gasteiger partial charge in [0.25, 0.3) is 0 Å². The fraction of sp³-hybridized carbons (Fsp3) is 0.429. The Kier molecular flexibility index (Phi) is 4.20. The van der Waals surface area contributed by atoms with Crippen LogP contribution in [-0.2, 0) is 16.0 Å². The van der Waals surface area contributed by atoms with Crippen LogP contribution in [0.25, 0.3) is 0 Å². The first-order valence-corrected chi connectivity index (χ1v) is 6.60. The zero-order valence-corrected chi connectivity index (χ0v) is 11.4. The van der Waals surface area contributed by atoms with Crippen molar-refractivity contribution < 1.29 is 14.0 Å². The summed E-state index contributed by atoms with van der Waals surface area (Å²) in [7, 11) is 0. The number of carbonyl (C=O) groups is 2. The molecule has 1 amide bonds. The summed E-state index contributed by atoms with van der Waals surface area (Å²) < 4.78 is 13.6. The molecule has 3 nitrogen and oxygen atoms in total. The van der Waals surface area contributed by atoms with Crippen molar-refractivity contribution in [2.24, 2.45) is 5.92 Å². The lowest BCUT2D eigenvalue weighted by Gasteiger charge is -2.30. The third-order valence-corrected chi connectivity index (χ3v) is 3.77. The number of Topliss-reactive ketones (excluding diaryl/α,β-unsaturated/α-hetero) is 1. The summed E-state index contributed by atoms with van der Waals surface area (Å²) in [6, 6.07) is 4.36. The van der Waals surface area contributed by atoms with Crippen molar-refractivity contribution in [3.05, 3.63) is 34.6 Å². The Balaban J connectivity index is 2.07. The minimum Gasteiger partial charge on any atom is -0.341 e. The standard InChI is InChI=1S/C14H15ClFNO2/c1-9-8-17(6-5-13(9)18)14(19)7-10-11(15)3-2-4-12(10)16/h2-4,9H,5-8H2,1H3. The summed E-state index contributed by atoms with van der Waals surface area (Å²) in [5.74, 6) is -0.630. The largest absolute Gasteiger partial charge is 0.341 e. The van der Waals surface area contributed by atoms with E-state index in [-0.39, 0.29) is 34.6 Å². The van der Waals surface area contributed by atoms with Gasteiger partial charge in [-0.1, -0.05) is 24.6 Å². The predicted octanol–water partition coefficient (Wildman–Crippen LogP) is 2.46. The van der Waals surface area contributed by atoms with E-state index in [1.165, 1.54) is 12.1 Å². The molecule has 0 bridgehead atoms. The number of likely N-dealkylation sites (tertiary alicyclic amines) is 1. The van der Waals surface area contributed by atoms with Gasteiger partial charge in [-0.3, -0.25) is 9.59 Å². The minimum absolute atomic E-state index is 0.0631. The third kappa shape index (κ3) is 3.13. The van der Waals surface area contributed by atoms with Crippen molar-refractivity contribution in [3.8, 4) is 0 Å². The minimum atomic E-state index is -0.470. The summed E-state index contributed by atoms with van der Waals surface area (Å²) in [5.41, 5.74) is 0.221.